The Bertz CT molecular complexity index is 2650. The Morgan fingerprint density at radius 3 is 1.65 bits per heavy atom. The largest absolute Gasteiger partial charge is 0.456 e. The Morgan fingerprint density at radius 1 is 0.392 bits per heavy atom. The van der Waals surface area contributed by atoms with Crippen molar-refractivity contribution >= 4 is 39.0 Å². The zero-order valence-electron chi connectivity index (χ0n) is 27.9. The molecule has 0 fully saturated rings. The lowest BCUT2D eigenvalue weighted by Gasteiger charge is -2.39. The van der Waals surface area contributed by atoms with Gasteiger partial charge in [0.1, 0.15) is 11.2 Å². The van der Waals surface area contributed by atoms with Crippen LogP contribution in [0.15, 0.2) is 205 Å². The van der Waals surface area contributed by atoms with Gasteiger partial charge in [0, 0.05) is 27.6 Å². The molecule has 2 nitrogen and oxygen atoms in total. The third kappa shape index (κ3) is 4.36. The molecule has 10 rings (SSSR count). The maximum absolute atomic E-state index is 6.73. The van der Waals surface area contributed by atoms with Crippen molar-refractivity contribution in [2.45, 2.75) is 5.41 Å². The van der Waals surface area contributed by atoms with Crippen molar-refractivity contribution in [2.24, 2.45) is 0 Å². The van der Waals surface area contributed by atoms with Crippen LogP contribution in [0, 0.1) is 0 Å². The smallest absolute Gasteiger partial charge is 0.135 e. The minimum absolute atomic E-state index is 0.676. The van der Waals surface area contributed by atoms with Crippen molar-refractivity contribution < 1.29 is 4.42 Å². The van der Waals surface area contributed by atoms with Crippen LogP contribution in [0.2, 0.25) is 0 Å². The first-order valence-corrected chi connectivity index (χ1v) is 17.5. The lowest BCUT2D eigenvalue weighted by atomic mass is 9.66. The van der Waals surface area contributed by atoms with E-state index in [-0.39, 0.29) is 0 Å². The monoisotopic (exact) mass is 651 g/mol. The third-order valence-corrected chi connectivity index (χ3v) is 10.5. The first-order chi connectivity index (χ1) is 25.3. The molecule has 9 aromatic rings. The molecule has 0 unspecified atom stereocenters. The molecule has 1 aliphatic rings. The number of anilines is 3. The molecular weight excluding hydrogens is 619 g/mol. The predicted molar refractivity (Wildman–Crippen MR) is 211 cm³/mol. The maximum atomic E-state index is 6.73. The second-order valence-corrected chi connectivity index (χ2v) is 13.2. The summed E-state index contributed by atoms with van der Waals surface area (Å²) in [6, 6.07) is 72.2. The second-order valence-electron chi connectivity index (χ2n) is 13.2. The van der Waals surface area contributed by atoms with E-state index in [9.17, 15) is 0 Å². The topological polar surface area (TPSA) is 16.4 Å². The molecule has 0 amide bonds. The van der Waals surface area contributed by atoms with Crippen molar-refractivity contribution in [3.63, 3.8) is 0 Å². The summed E-state index contributed by atoms with van der Waals surface area (Å²) in [4.78, 5) is 2.47. The first kappa shape index (κ1) is 29.3. The minimum Gasteiger partial charge on any atom is -0.456 e. The van der Waals surface area contributed by atoms with Crippen LogP contribution >= 0.6 is 0 Å². The van der Waals surface area contributed by atoms with Gasteiger partial charge in [-0.3, -0.25) is 0 Å². The Balaban J connectivity index is 1.43. The normalized spacial score (nSPS) is 12.9. The van der Waals surface area contributed by atoms with E-state index >= 15 is 0 Å². The van der Waals surface area contributed by atoms with Gasteiger partial charge in [-0.2, -0.15) is 0 Å². The predicted octanol–water partition coefficient (Wildman–Crippen LogP) is 13.1. The van der Waals surface area contributed by atoms with Gasteiger partial charge < -0.3 is 9.32 Å². The van der Waals surface area contributed by atoms with Crippen LogP contribution in [0.1, 0.15) is 22.3 Å². The molecule has 0 bridgehead atoms. The van der Waals surface area contributed by atoms with Gasteiger partial charge in [0.2, 0.25) is 0 Å². The average Bonchev–Trinajstić information content (AvgIpc) is 3.73. The Kier molecular flexibility index (Phi) is 6.75. The summed E-state index contributed by atoms with van der Waals surface area (Å²) in [5.74, 6) is 0. The number of para-hydroxylation sites is 3. The number of hydrogen-bond donors (Lipinski definition) is 0. The maximum Gasteiger partial charge on any atom is 0.135 e. The van der Waals surface area contributed by atoms with E-state index in [1.807, 2.05) is 0 Å². The standard InChI is InChI=1S/C49H33NO/c1-4-18-34(19-5-1)37-24-12-16-30-43(37)50(36-22-8-3-9-23-36)44-32-33-46-47(40-27-13-17-31-45(40)51-46)48(44)49(35-20-6-2-7-21-35)41-28-14-10-25-38(41)39-26-11-15-29-42(39)49/h1-33H. The summed E-state index contributed by atoms with van der Waals surface area (Å²) in [7, 11) is 0. The van der Waals surface area contributed by atoms with Crippen LogP contribution in [0.25, 0.3) is 44.2 Å². The summed E-state index contributed by atoms with van der Waals surface area (Å²) < 4.78 is 6.73. The highest BCUT2D eigenvalue weighted by atomic mass is 16.3. The lowest BCUT2D eigenvalue weighted by Crippen LogP contribution is -2.31. The SMILES string of the molecule is c1ccc(-c2ccccc2N(c2ccccc2)c2ccc3oc4ccccc4c3c2C2(c3ccccc3)c3ccccc3-c3ccccc32)cc1. The molecule has 0 N–H and O–H groups in total. The van der Waals surface area contributed by atoms with Crippen LogP contribution in [0.4, 0.5) is 17.1 Å². The molecule has 0 radical (unpaired) electrons. The second kappa shape index (κ2) is 11.8. The molecule has 8 aromatic carbocycles. The van der Waals surface area contributed by atoms with Crippen molar-refractivity contribution in [1.82, 2.24) is 0 Å². The summed E-state index contributed by atoms with van der Waals surface area (Å²) in [6.07, 6.45) is 0. The molecule has 240 valence electrons. The molecule has 0 spiro atoms. The van der Waals surface area contributed by atoms with E-state index < -0.39 is 5.41 Å². The van der Waals surface area contributed by atoms with Gasteiger partial charge >= 0.3 is 0 Å². The van der Waals surface area contributed by atoms with Crippen LogP contribution < -0.4 is 4.90 Å². The zero-order valence-corrected chi connectivity index (χ0v) is 27.9. The van der Waals surface area contributed by atoms with Gasteiger partial charge in [-0.15, -0.1) is 0 Å². The van der Waals surface area contributed by atoms with E-state index in [0.717, 1.165) is 44.6 Å². The molecule has 0 atom stereocenters. The third-order valence-electron chi connectivity index (χ3n) is 10.5. The Hall–Kier alpha value is -6.64. The average molecular weight is 652 g/mol. The molecule has 0 saturated heterocycles. The van der Waals surface area contributed by atoms with E-state index in [1.165, 1.54) is 38.9 Å². The van der Waals surface area contributed by atoms with Gasteiger partial charge in [-0.1, -0.05) is 164 Å². The van der Waals surface area contributed by atoms with Gasteiger partial charge in [0.15, 0.2) is 0 Å². The highest BCUT2D eigenvalue weighted by Crippen LogP contribution is 2.61. The highest BCUT2D eigenvalue weighted by Gasteiger charge is 2.49. The number of fused-ring (bicyclic) bond motifs is 6. The quantitative estimate of drug-likeness (QED) is 0.178. The fourth-order valence-corrected chi connectivity index (χ4v) is 8.53. The molecule has 0 saturated carbocycles. The van der Waals surface area contributed by atoms with E-state index in [1.54, 1.807) is 0 Å². The fraction of sp³-hybridized carbons (Fsp3) is 0.0204. The van der Waals surface area contributed by atoms with Crippen LogP contribution in [-0.4, -0.2) is 0 Å². The zero-order chi connectivity index (χ0) is 33.8. The van der Waals surface area contributed by atoms with Crippen molar-refractivity contribution in [3.05, 3.63) is 222 Å². The first-order valence-electron chi connectivity index (χ1n) is 17.5. The molecule has 1 aromatic heterocycles. The molecule has 1 aliphatic carbocycles. The number of benzene rings is 8. The van der Waals surface area contributed by atoms with E-state index in [4.69, 9.17) is 4.42 Å². The summed E-state index contributed by atoms with van der Waals surface area (Å²) in [5, 5.41) is 2.22. The van der Waals surface area contributed by atoms with Gasteiger partial charge in [0.25, 0.3) is 0 Å². The van der Waals surface area contributed by atoms with Gasteiger partial charge in [-0.05, 0) is 69.8 Å². The van der Waals surface area contributed by atoms with Crippen LogP contribution in [-0.2, 0) is 5.41 Å². The molecule has 0 aliphatic heterocycles. The molecule has 2 heteroatoms. The van der Waals surface area contributed by atoms with Crippen molar-refractivity contribution in [3.8, 4) is 22.3 Å². The van der Waals surface area contributed by atoms with Gasteiger partial charge in [-0.25, -0.2) is 0 Å². The minimum atomic E-state index is -0.676. The number of nitrogens with zero attached hydrogens (tertiary/aromatic N) is 1. The van der Waals surface area contributed by atoms with Crippen LogP contribution in [0.5, 0.6) is 0 Å². The Morgan fingerprint density at radius 2 is 0.941 bits per heavy atom. The van der Waals surface area contributed by atoms with E-state index in [0.29, 0.717) is 0 Å². The van der Waals surface area contributed by atoms with Crippen molar-refractivity contribution in [1.29, 1.82) is 0 Å². The summed E-state index contributed by atoms with van der Waals surface area (Å²) in [5.41, 5.74) is 14.1. The number of furan rings is 1. The number of hydrogen-bond acceptors (Lipinski definition) is 2. The molecule has 1 heterocycles. The van der Waals surface area contributed by atoms with Crippen LogP contribution in [0.3, 0.4) is 0 Å². The highest BCUT2D eigenvalue weighted by molar-refractivity contribution is 6.12. The lowest BCUT2D eigenvalue weighted by molar-refractivity contribution is 0.667. The Labute approximate surface area is 297 Å². The fourth-order valence-electron chi connectivity index (χ4n) is 8.53. The van der Waals surface area contributed by atoms with E-state index in [2.05, 4.69) is 205 Å². The van der Waals surface area contributed by atoms with Crippen molar-refractivity contribution in [2.75, 3.05) is 4.90 Å². The summed E-state index contributed by atoms with van der Waals surface area (Å²) in [6.45, 7) is 0. The van der Waals surface area contributed by atoms with Gasteiger partial charge in [0.05, 0.1) is 16.8 Å². The molecular formula is C49H33NO. The number of rotatable bonds is 6. The molecule has 51 heavy (non-hydrogen) atoms. The summed E-state index contributed by atoms with van der Waals surface area (Å²) >= 11 is 0.